The first-order valence-electron chi connectivity index (χ1n) is 7.25. The smallest absolute Gasteiger partial charge is 0.254 e. The molecule has 0 aliphatic carbocycles. The van der Waals surface area contributed by atoms with Gasteiger partial charge in [0, 0.05) is 24.7 Å². The van der Waals surface area contributed by atoms with Gasteiger partial charge >= 0.3 is 0 Å². The largest absolute Gasteiger partial charge is 0.496 e. The molecule has 7 heteroatoms. The van der Waals surface area contributed by atoms with E-state index in [9.17, 15) is 13.2 Å². The molecule has 0 unspecified atom stereocenters. The third kappa shape index (κ3) is 3.93. The molecular weight excluding hydrogens is 328 g/mol. The highest BCUT2D eigenvalue weighted by atomic mass is 32.2. The molecule has 2 aromatic carbocycles. The van der Waals surface area contributed by atoms with Crippen molar-refractivity contribution in [2.24, 2.45) is 5.14 Å². The molecule has 0 radical (unpaired) electrons. The Labute approximate surface area is 141 Å². The number of ether oxygens (including phenoxy) is 1. The summed E-state index contributed by atoms with van der Waals surface area (Å²) in [4.78, 5) is 14.1. The molecule has 0 heterocycles. The second-order valence-corrected chi connectivity index (χ2v) is 7.06. The van der Waals surface area contributed by atoms with Crippen LogP contribution in [0.15, 0.2) is 47.4 Å². The van der Waals surface area contributed by atoms with Gasteiger partial charge in [0.25, 0.3) is 5.91 Å². The molecule has 0 aliphatic rings. The molecule has 2 rings (SSSR count). The minimum Gasteiger partial charge on any atom is -0.496 e. The maximum absolute atomic E-state index is 12.7. The molecule has 24 heavy (non-hydrogen) atoms. The number of nitrogens with zero attached hydrogens (tertiary/aromatic N) is 1. The highest BCUT2D eigenvalue weighted by Crippen LogP contribution is 2.21. The number of hydrogen-bond acceptors (Lipinski definition) is 4. The molecule has 2 N–H and O–H groups in total. The zero-order valence-corrected chi connectivity index (χ0v) is 14.6. The highest BCUT2D eigenvalue weighted by Gasteiger charge is 2.18. The number of methoxy groups -OCH3 is 1. The molecule has 1 amide bonds. The number of carbonyl (C=O) groups is 1. The number of primary sulfonamides is 1. The van der Waals surface area contributed by atoms with Crippen molar-refractivity contribution >= 4 is 15.9 Å². The van der Waals surface area contributed by atoms with Crippen molar-refractivity contribution in [2.45, 2.75) is 18.4 Å². The van der Waals surface area contributed by atoms with Crippen molar-refractivity contribution in [2.75, 3.05) is 14.2 Å². The standard InChI is InChI=1S/C17H20N2O4S/c1-12-8-9-14(24(18,21)22)10-15(12)17(20)19(2)11-13-6-4-5-7-16(13)23-3/h4-10H,11H2,1-3H3,(H2,18,21,22). The highest BCUT2D eigenvalue weighted by molar-refractivity contribution is 7.89. The monoisotopic (exact) mass is 348 g/mol. The van der Waals surface area contributed by atoms with Crippen molar-refractivity contribution in [3.63, 3.8) is 0 Å². The van der Waals surface area contributed by atoms with E-state index in [0.29, 0.717) is 23.4 Å². The second-order valence-electron chi connectivity index (χ2n) is 5.49. The Kier molecular flexibility index (Phi) is 5.26. The molecule has 0 bridgehead atoms. The lowest BCUT2D eigenvalue weighted by molar-refractivity contribution is 0.0783. The first-order valence-corrected chi connectivity index (χ1v) is 8.79. The van der Waals surface area contributed by atoms with E-state index in [1.807, 2.05) is 24.3 Å². The van der Waals surface area contributed by atoms with Gasteiger partial charge in [-0.2, -0.15) is 0 Å². The van der Waals surface area contributed by atoms with Gasteiger partial charge < -0.3 is 9.64 Å². The summed E-state index contributed by atoms with van der Waals surface area (Å²) in [6.07, 6.45) is 0. The molecule has 0 aromatic heterocycles. The number of nitrogens with two attached hydrogens (primary N) is 1. The second kappa shape index (κ2) is 7.02. The van der Waals surface area contributed by atoms with Gasteiger partial charge in [-0.1, -0.05) is 24.3 Å². The van der Waals surface area contributed by atoms with E-state index in [2.05, 4.69) is 0 Å². The van der Waals surface area contributed by atoms with E-state index in [1.165, 1.54) is 17.0 Å². The minimum atomic E-state index is -3.86. The van der Waals surface area contributed by atoms with Crippen LogP contribution in [0.25, 0.3) is 0 Å². The first-order chi connectivity index (χ1) is 11.2. The summed E-state index contributed by atoms with van der Waals surface area (Å²) in [6, 6.07) is 11.7. The number of para-hydroxylation sites is 1. The lowest BCUT2D eigenvalue weighted by Gasteiger charge is -2.20. The first kappa shape index (κ1) is 18.0. The van der Waals surface area contributed by atoms with Gasteiger partial charge in [-0.15, -0.1) is 0 Å². The number of benzene rings is 2. The molecular formula is C17H20N2O4S. The number of amides is 1. The number of carbonyl (C=O) groups excluding carboxylic acids is 1. The Bertz CT molecular complexity index is 863. The molecule has 0 saturated heterocycles. The van der Waals surface area contributed by atoms with Crippen LogP contribution in [0.2, 0.25) is 0 Å². The van der Waals surface area contributed by atoms with Crippen LogP contribution in [0.1, 0.15) is 21.5 Å². The number of sulfonamides is 1. The maximum atomic E-state index is 12.7. The molecule has 128 valence electrons. The fourth-order valence-electron chi connectivity index (χ4n) is 2.38. The topological polar surface area (TPSA) is 89.7 Å². The van der Waals surface area contributed by atoms with Gasteiger partial charge in [0.15, 0.2) is 0 Å². The van der Waals surface area contributed by atoms with Crippen LogP contribution in [0.3, 0.4) is 0 Å². The maximum Gasteiger partial charge on any atom is 0.254 e. The lowest BCUT2D eigenvalue weighted by atomic mass is 10.1. The predicted octanol–water partition coefficient (Wildman–Crippen LogP) is 1.92. The summed E-state index contributed by atoms with van der Waals surface area (Å²) in [5.74, 6) is 0.399. The van der Waals surface area contributed by atoms with Crippen LogP contribution in [0.4, 0.5) is 0 Å². The Balaban J connectivity index is 2.31. The van der Waals surface area contributed by atoms with E-state index in [4.69, 9.17) is 9.88 Å². The summed E-state index contributed by atoms with van der Waals surface area (Å²) >= 11 is 0. The molecule has 0 atom stereocenters. The fourth-order valence-corrected chi connectivity index (χ4v) is 2.91. The summed E-state index contributed by atoms with van der Waals surface area (Å²) in [5, 5.41) is 5.14. The van der Waals surface area contributed by atoms with Crippen LogP contribution >= 0.6 is 0 Å². The van der Waals surface area contributed by atoms with Crippen LogP contribution in [0.5, 0.6) is 5.75 Å². The Morgan fingerprint density at radius 3 is 2.50 bits per heavy atom. The van der Waals surface area contributed by atoms with E-state index < -0.39 is 10.0 Å². The fraction of sp³-hybridized carbons (Fsp3) is 0.235. The van der Waals surface area contributed by atoms with E-state index in [1.54, 1.807) is 27.1 Å². The molecule has 0 fully saturated rings. The van der Waals surface area contributed by atoms with Crippen molar-refractivity contribution < 1.29 is 17.9 Å². The van der Waals surface area contributed by atoms with Gasteiger partial charge in [0.05, 0.1) is 12.0 Å². The molecule has 0 saturated carbocycles. The molecule has 0 aliphatic heterocycles. The third-order valence-electron chi connectivity index (χ3n) is 3.71. The van der Waals surface area contributed by atoms with Crippen molar-refractivity contribution in [3.05, 3.63) is 59.2 Å². The van der Waals surface area contributed by atoms with E-state index >= 15 is 0 Å². The third-order valence-corrected chi connectivity index (χ3v) is 4.63. The Hall–Kier alpha value is -2.38. The average molecular weight is 348 g/mol. The summed E-state index contributed by atoms with van der Waals surface area (Å²) < 4.78 is 28.3. The average Bonchev–Trinajstić information content (AvgIpc) is 2.54. The summed E-state index contributed by atoms with van der Waals surface area (Å²) in [7, 11) is -0.641. The SMILES string of the molecule is COc1ccccc1CN(C)C(=O)c1cc(S(N)(=O)=O)ccc1C. The minimum absolute atomic E-state index is 0.0814. The van der Waals surface area contributed by atoms with Gasteiger partial charge in [0.2, 0.25) is 10.0 Å². The van der Waals surface area contributed by atoms with Crippen LogP contribution in [-0.2, 0) is 16.6 Å². The van der Waals surface area contributed by atoms with E-state index in [0.717, 1.165) is 5.56 Å². The van der Waals surface area contributed by atoms with Gasteiger partial charge in [-0.3, -0.25) is 4.79 Å². The number of hydrogen-bond donors (Lipinski definition) is 1. The summed E-state index contributed by atoms with van der Waals surface area (Å²) in [6.45, 7) is 2.08. The van der Waals surface area contributed by atoms with E-state index in [-0.39, 0.29) is 10.8 Å². The quantitative estimate of drug-likeness (QED) is 0.894. The van der Waals surface area contributed by atoms with Crippen LogP contribution in [0, 0.1) is 6.92 Å². The predicted molar refractivity (Wildman–Crippen MR) is 91.3 cm³/mol. The van der Waals surface area contributed by atoms with Crippen molar-refractivity contribution in [1.82, 2.24) is 4.90 Å². The lowest BCUT2D eigenvalue weighted by Crippen LogP contribution is -2.27. The Morgan fingerprint density at radius 1 is 1.21 bits per heavy atom. The Morgan fingerprint density at radius 2 is 1.88 bits per heavy atom. The van der Waals surface area contributed by atoms with Crippen LogP contribution in [-0.4, -0.2) is 33.4 Å². The molecule has 6 nitrogen and oxygen atoms in total. The normalized spacial score (nSPS) is 11.2. The molecule has 0 spiro atoms. The number of aryl methyl sites for hydroxylation is 1. The van der Waals surface area contributed by atoms with Gasteiger partial charge in [0.1, 0.15) is 5.75 Å². The van der Waals surface area contributed by atoms with Crippen molar-refractivity contribution in [1.29, 1.82) is 0 Å². The van der Waals surface area contributed by atoms with Gasteiger partial charge in [-0.05, 0) is 30.7 Å². The zero-order chi connectivity index (χ0) is 17.9. The number of rotatable bonds is 5. The zero-order valence-electron chi connectivity index (χ0n) is 13.8. The van der Waals surface area contributed by atoms with Gasteiger partial charge in [-0.25, -0.2) is 13.6 Å². The van der Waals surface area contributed by atoms with Crippen LogP contribution < -0.4 is 9.88 Å². The van der Waals surface area contributed by atoms with Crippen molar-refractivity contribution in [3.8, 4) is 5.75 Å². The molecule has 2 aromatic rings. The summed E-state index contributed by atoms with van der Waals surface area (Å²) in [5.41, 5.74) is 1.84.